The number of rotatable bonds is 2. The predicted molar refractivity (Wildman–Crippen MR) is 67.7 cm³/mol. The largest absolute Gasteiger partial charge is 0.389 e. The lowest BCUT2D eigenvalue weighted by atomic mass is 9.81. The van der Waals surface area contributed by atoms with Crippen molar-refractivity contribution in [3.8, 4) is 0 Å². The standard InChI is InChI=1S/C14H21NO/c1-12(2)14(16)8-10-15(11-9-14)13-6-4-3-5-7-13/h3-7,12,16H,8-11H2,1-2H3. The summed E-state index contributed by atoms with van der Waals surface area (Å²) in [6, 6.07) is 10.5. The summed E-state index contributed by atoms with van der Waals surface area (Å²) in [6.45, 7) is 6.13. The minimum absolute atomic E-state index is 0.352. The fraction of sp³-hybridized carbons (Fsp3) is 0.571. The van der Waals surface area contributed by atoms with E-state index in [4.69, 9.17) is 0 Å². The lowest BCUT2D eigenvalue weighted by Crippen LogP contribution is -2.47. The number of hydrogen-bond acceptors (Lipinski definition) is 2. The van der Waals surface area contributed by atoms with Crippen LogP contribution in [0.1, 0.15) is 26.7 Å². The molecule has 1 aliphatic heterocycles. The quantitative estimate of drug-likeness (QED) is 0.826. The van der Waals surface area contributed by atoms with E-state index in [-0.39, 0.29) is 0 Å². The van der Waals surface area contributed by atoms with Crippen LogP contribution in [0.5, 0.6) is 0 Å². The predicted octanol–water partition coefficient (Wildman–Crippen LogP) is 2.67. The Hall–Kier alpha value is -1.02. The van der Waals surface area contributed by atoms with Crippen molar-refractivity contribution in [2.75, 3.05) is 18.0 Å². The summed E-state index contributed by atoms with van der Waals surface area (Å²) in [5.41, 5.74) is 0.818. The zero-order valence-corrected chi connectivity index (χ0v) is 10.2. The summed E-state index contributed by atoms with van der Waals surface area (Å²) < 4.78 is 0. The Morgan fingerprint density at radius 2 is 1.69 bits per heavy atom. The van der Waals surface area contributed by atoms with Gasteiger partial charge < -0.3 is 10.0 Å². The molecule has 1 aliphatic rings. The SMILES string of the molecule is CC(C)C1(O)CCN(c2ccccc2)CC1. The van der Waals surface area contributed by atoms with Gasteiger partial charge >= 0.3 is 0 Å². The topological polar surface area (TPSA) is 23.5 Å². The Kier molecular flexibility index (Phi) is 3.20. The molecule has 0 amide bonds. The van der Waals surface area contributed by atoms with Crippen molar-refractivity contribution in [2.45, 2.75) is 32.3 Å². The highest BCUT2D eigenvalue weighted by molar-refractivity contribution is 5.46. The number of benzene rings is 1. The van der Waals surface area contributed by atoms with Crippen LogP contribution in [-0.4, -0.2) is 23.8 Å². The molecule has 0 unspecified atom stereocenters. The lowest BCUT2D eigenvalue weighted by Gasteiger charge is -2.41. The monoisotopic (exact) mass is 219 g/mol. The van der Waals surface area contributed by atoms with Crippen LogP contribution in [0, 0.1) is 5.92 Å². The first kappa shape index (κ1) is 11.5. The van der Waals surface area contributed by atoms with Gasteiger partial charge in [0.05, 0.1) is 5.60 Å². The van der Waals surface area contributed by atoms with Crippen molar-refractivity contribution < 1.29 is 5.11 Å². The minimum Gasteiger partial charge on any atom is -0.389 e. The van der Waals surface area contributed by atoms with Crippen LogP contribution in [0.25, 0.3) is 0 Å². The molecule has 1 fully saturated rings. The Morgan fingerprint density at radius 3 is 2.19 bits per heavy atom. The Balaban J connectivity index is 2.01. The third-order valence-corrected chi connectivity index (χ3v) is 3.83. The van der Waals surface area contributed by atoms with Gasteiger partial charge in [0.15, 0.2) is 0 Å². The average molecular weight is 219 g/mol. The van der Waals surface area contributed by atoms with Crippen molar-refractivity contribution in [1.82, 2.24) is 0 Å². The third-order valence-electron chi connectivity index (χ3n) is 3.83. The van der Waals surface area contributed by atoms with E-state index in [0.717, 1.165) is 25.9 Å². The molecule has 0 bridgehead atoms. The van der Waals surface area contributed by atoms with Crippen LogP contribution in [0.3, 0.4) is 0 Å². The molecule has 0 aromatic heterocycles. The van der Waals surface area contributed by atoms with E-state index in [2.05, 4.69) is 43.0 Å². The third kappa shape index (κ3) is 2.22. The molecular weight excluding hydrogens is 198 g/mol. The Labute approximate surface area is 97.9 Å². The van der Waals surface area contributed by atoms with E-state index in [9.17, 15) is 5.11 Å². The van der Waals surface area contributed by atoms with Gasteiger partial charge in [-0.2, -0.15) is 0 Å². The van der Waals surface area contributed by atoms with Crippen LogP contribution in [0.4, 0.5) is 5.69 Å². The Morgan fingerprint density at radius 1 is 1.12 bits per heavy atom. The maximum Gasteiger partial charge on any atom is 0.0704 e. The molecule has 2 nitrogen and oxygen atoms in total. The van der Waals surface area contributed by atoms with Crippen molar-refractivity contribution in [3.63, 3.8) is 0 Å². The number of nitrogens with zero attached hydrogens (tertiary/aromatic N) is 1. The minimum atomic E-state index is -0.453. The molecule has 1 saturated heterocycles. The van der Waals surface area contributed by atoms with Crippen molar-refractivity contribution in [3.05, 3.63) is 30.3 Å². The van der Waals surface area contributed by atoms with Gasteiger partial charge in [-0.1, -0.05) is 32.0 Å². The second-order valence-corrected chi connectivity index (χ2v) is 5.08. The molecule has 0 aliphatic carbocycles. The van der Waals surface area contributed by atoms with E-state index >= 15 is 0 Å². The fourth-order valence-corrected chi connectivity index (χ4v) is 2.37. The fourth-order valence-electron chi connectivity index (χ4n) is 2.37. The van der Waals surface area contributed by atoms with Gasteiger partial charge in [0.2, 0.25) is 0 Å². The molecule has 16 heavy (non-hydrogen) atoms. The molecule has 1 N–H and O–H groups in total. The zero-order valence-electron chi connectivity index (χ0n) is 10.2. The van der Waals surface area contributed by atoms with E-state index in [1.807, 2.05) is 6.07 Å². The number of hydrogen-bond donors (Lipinski definition) is 1. The number of anilines is 1. The molecule has 1 aromatic carbocycles. The molecule has 0 spiro atoms. The zero-order chi connectivity index (χ0) is 11.6. The van der Waals surface area contributed by atoms with Gasteiger partial charge in [0, 0.05) is 18.8 Å². The van der Waals surface area contributed by atoms with Crippen LogP contribution < -0.4 is 4.90 Å². The molecule has 1 heterocycles. The summed E-state index contributed by atoms with van der Waals surface area (Å²) >= 11 is 0. The second kappa shape index (κ2) is 4.46. The van der Waals surface area contributed by atoms with Gasteiger partial charge in [-0.15, -0.1) is 0 Å². The van der Waals surface area contributed by atoms with E-state index in [1.54, 1.807) is 0 Å². The molecule has 0 saturated carbocycles. The molecule has 88 valence electrons. The normalized spacial score (nSPS) is 20.1. The van der Waals surface area contributed by atoms with Crippen LogP contribution >= 0.6 is 0 Å². The molecule has 1 aromatic rings. The highest BCUT2D eigenvalue weighted by Crippen LogP contribution is 2.31. The molecule has 0 radical (unpaired) electrons. The van der Waals surface area contributed by atoms with E-state index in [1.165, 1.54) is 5.69 Å². The van der Waals surface area contributed by atoms with Crippen LogP contribution in [0.15, 0.2) is 30.3 Å². The van der Waals surface area contributed by atoms with Gasteiger partial charge in [-0.25, -0.2) is 0 Å². The molecular formula is C14H21NO. The molecule has 2 rings (SSSR count). The van der Waals surface area contributed by atoms with E-state index in [0.29, 0.717) is 5.92 Å². The first-order valence-corrected chi connectivity index (χ1v) is 6.14. The average Bonchev–Trinajstić information content (AvgIpc) is 2.31. The maximum absolute atomic E-state index is 10.4. The van der Waals surface area contributed by atoms with Crippen LogP contribution in [-0.2, 0) is 0 Å². The lowest BCUT2D eigenvalue weighted by molar-refractivity contribution is -0.0262. The van der Waals surface area contributed by atoms with Gasteiger partial charge in [0.1, 0.15) is 0 Å². The van der Waals surface area contributed by atoms with Crippen molar-refractivity contribution in [2.24, 2.45) is 5.92 Å². The summed E-state index contributed by atoms with van der Waals surface area (Å²) in [5, 5.41) is 10.4. The summed E-state index contributed by atoms with van der Waals surface area (Å²) in [7, 11) is 0. The van der Waals surface area contributed by atoms with Gasteiger partial charge in [0.25, 0.3) is 0 Å². The van der Waals surface area contributed by atoms with Gasteiger partial charge in [-0.05, 0) is 30.9 Å². The molecule has 2 heteroatoms. The summed E-state index contributed by atoms with van der Waals surface area (Å²) in [4.78, 5) is 2.36. The number of aliphatic hydroxyl groups is 1. The maximum atomic E-state index is 10.4. The highest BCUT2D eigenvalue weighted by atomic mass is 16.3. The molecule has 0 atom stereocenters. The number of piperidine rings is 1. The van der Waals surface area contributed by atoms with E-state index < -0.39 is 5.60 Å². The summed E-state index contributed by atoms with van der Waals surface area (Å²) in [6.07, 6.45) is 1.75. The van der Waals surface area contributed by atoms with Crippen LogP contribution in [0.2, 0.25) is 0 Å². The first-order chi connectivity index (χ1) is 7.62. The van der Waals surface area contributed by atoms with Crippen molar-refractivity contribution in [1.29, 1.82) is 0 Å². The number of para-hydroxylation sites is 1. The second-order valence-electron chi connectivity index (χ2n) is 5.08. The first-order valence-electron chi connectivity index (χ1n) is 6.14. The van der Waals surface area contributed by atoms with Crippen molar-refractivity contribution >= 4 is 5.69 Å². The summed E-state index contributed by atoms with van der Waals surface area (Å²) in [5.74, 6) is 0.352. The highest BCUT2D eigenvalue weighted by Gasteiger charge is 2.34. The smallest absolute Gasteiger partial charge is 0.0704 e. The Bertz CT molecular complexity index is 326. The van der Waals surface area contributed by atoms with Gasteiger partial charge in [-0.3, -0.25) is 0 Å².